The van der Waals surface area contributed by atoms with E-state index in [0.29, 0.717) is 17.1 Å². The van der Waals surface area contributed by atoms with Crippen molar-refractivity contribution in [1.82, 2.24) is 0 Å². The average Bonchev–Trinajstić information content (AvgIpc) is 2.96. The molecule has 0 atom stereocenters. The Hall–Kier alpha value is -1.65. The van der Waals surface area contributed by atoms with Crippen LogP contribution in [0.15, 0.2) is 53.5 Å². The van der Waals surface area contributed by atoms with Gasteiger partial charge in [0.05, 0.1) is 6.54 Å². The summed E-state index contributed by atoms with van der Waals surface area (Å²) in [6.45, 7) is 3.28. The molecule has 0 saturated carbocycles. The van der Waals surface area contributed by atoms with Crippen molar-refractivity contribution >= 4 is 45.9 Å². The van der Waals surface area contributed by atoms with Crippen LogP contribution in [0.5, 0.6) is 0 Å². The van der Waals surface area contributed by atoms with Crippen LogP contribution in [0.4, 0.5) is 5.69 Å². The molecule has 0 unspecified atom stereocenters. The maximum absolute atomic E-state index is 12.9. The van der Waals surface area contributed by atoms with Gasteiger partial charge in [0.1, 0.15) is 5.84 Å². The lowest BCUT2D eigenvalue weighted by atomic mass is 10.1. The zero-order chi connectivity index (χ0) is 18.4. The summed E-state index contributed by atoms with van der Waals surface area (Å²) in [5, 5.41) is 0.640. The first kappa shape index (κ1) is 21.6. The maximum atomic E-state index is 12.9. The van der Waals surface area contributed by atoms with E-state index in [2.05, 4.69) is 36.1 Å². The molecule has 0 radical (unpaired) electrons. The Balaban J connectivity index is 0.00000261. The summed E-state index contributed by atoms with van der Waals surface area (Å²) in [6.07, 6.45) is 5.36. The lowest BCUT2D eigenvalue weighted by Gasteiger charge is -2.26. The molecule has 2 aromatic rings. The molecule has 0 N–H and O–H groups in total. The first-order chi connectivity index (χ1) is 12.7. The van der Waals surface area contributed by atoms with Crippen molar-refractivity contribution in [3.05, 3.63) is 64.7 Å². The molecule has 3 rings (SSSR count). The van der Waals surface area contributed by atoms with E-state index in [0.717, 1.165) is 43.8 Å². The first-order valence-corrected chi connectivity index (χ1v) is 9.73. The highest BCUT2D eigenvalue weighted by Crippen LogP contribution is 2.21. The molecular weight excluding hydrogens is 424 g/mol. The molecule has 1 heterocycles. The van der Waals surface area contributed by atoms with Crippen molar-refractivity contribution in [3.63, 3.8) is 0 Å². The number of carbonyl (C=O) groups is 1. The van der Waals surface area contributed by atoms with E-state index in [-0.39, 0.29) is 22.8 Å². The number of Topliss-reactive ketones (excluding diaryl/α,β-unsaturated/α-hetero) is 1. The van der Waals surface area contributed by atoms with E-state index in [1.54, 1.807) is 24.3 Å². The number of aliphatic imine (C=N–C) groups is 1. The predicted octanol–water partition coefficient (Wildman–Crippen LogP) is 6.14. The molecule has 0 saturated heterocycles. The summed E-state index contributed by atoms with van der Waals surface area (Å²) in [4.78, 5) is 19.7. The fourth-order valence-electron chi connectivity index (χ4n) is 3.19. The third-order valence-electron chi connectivity index (χ3n) is 4.79. The van der Waals surface area contributed by atoms with Gasteiger partial charge < -0.3 is 4.90 Å². The molecule has 0 bridgehead atoms. The molecule has 0 amide bonds. The number of nitrogens with zero attached hydrogens (tertiary/aromatic N) is 2. The lowest BCUT2D eigenvalue weighted by molar-refractivity contribution is 0.100. The highest BCUT2D eigenvalue weighted by Gasteiger charge is 2.19. The van der Waals surface area contributed by atoms with Crippen LogP contribution >= 0.6 is 28.6 Å². The monoisotopic (exact) mass is 448 g/mol. The molecule has 0 fully saturated rings. The topological polar surface area (TPSA) is 32.7 Å². The van der Waals surface area contributed by atoms with Crippen LogP contribution in [0.2, 0.25) is 5.02 Å². The number of hydrogen-bond acceptors (Lipinski definition) is 3. The molecular formula is C22H26BrClN2O. The molecule has 27 heavy (non-hydrogen) atoms. The maximum Gasteiger partial charge on any atom is 0.182 e. The minimum atomic E-state index is 0. The van der Waals surface area contributed by atoms with E-state index < -0.39 is 0 Å². The number of aryl methyl sites for hydroxylation is 1. The van der Waals surface area contributed by atoms with Crippen LogP contribution in [0.25, 0.3) is 0 Å². The summed E-state index contributed by atoms with van der Waals surface area (Å²) in [6, 6.07) is 15.6. The molecule has 2 aromatic carbocycles. The molecule has 1 aliphatic rings. The lowest BCUT2D eigenvalue weighted by Crippen LogP contribution is -2.36. The predicted molar refractivity (Wildman–Crippen MR) is 120 cm³/mol. The largest absolute Gasteiger partial charge is 0.322 e. The van der Waals surface area contributed by atoms with Gasteiger partial charge in [0.2, 0.25) is 0 Å². The van der Waals surface area contributed by atoms with Crippen LogP contribution in [0.3, 0.4) is 0 Å². The number of carbonyl (C=O) groups excluding carboxylic acids is 1. The van der Waals surface area contributed by atoms with Crippen molar-refractivity contribution in [2.45, 2.75) is 39.0 Å². The van der Waals surface area contributed by atoms with E-state index in [1.807, 2.05) is 0 Å². The molecule has 3 nitrogen and oxygen atoms in total. The van der Waals surface area contributed by atoms with E-state index >= 15 is 0 Å². The fourth-order valence-corrected chi connectivity index (χ4v) is 3.32. The van der Waals surface area contributed by atoms with Gasteiger partial charge in [-0.2, -0.15) is 0 Å². The zero-order valence-corrected chi connectivity index (χ0v) is 18.1. The van der Waals surface area contributed by atoms with Gasteiger partial charge in [-0.05, 0) is 61.2 Å². The number of hydrogen-bond donors (Lipinski definition) is 0. The van der Waals surface area contributed by atoms with Crippen LogP contribution in [-0.4, -0.2) is 24.7 Å². The van der Waals surface area contributed by atoms with Gasteiger partial charge in [0, 0.05) is 29.2 Å². The summed E-state index contributed by atoms with van der Waals surface area (Å²) in [5.74, 6) is 1.10. The van der Waals surface area contributed by atoms with Crippen molar-refractivity contribution in [2.24, 2.45) is 4.99 Å². The average molecular weight is 450 g/mol. The van der Waals surface area contributed by atoms with Gasteiger partial charge >= 0.3 is 0 Å². The van der Waals surface area contributed by atoms with Crippen LogP contribution in [-0.2, 0) is 6.42 Å². The molecule has 1 aliphatic heterocycles. The zero-order valence-electron chi connectivity index (χ0n) is 15.7. The minimum Gasteiger partial charge on any atom is -0.322 e. The number of halogens is 2. The second-order valence-corrected chi connectivity index (χ2v) is 7.08. The van der Waals surface area contributed by atoms with E-state index in [9.17, 15) is 4.79 Å². The Labute approximate surface area is 177 Å². The van der Waals surface area contributed by atoms with Crippen molar-refractivity contribution in [3.8, 4) is 0 Å². The third kappa shape index (κ3) is 5.91. The van der Waals surface area contributed by atoms with Gasteiger partial charge in [0.25, 0.3) is 0 Å². The standard InChI is InChI=1S/C22H25ClN2O.BrH/c1-2-17-7-13-20(14-8-17)25(22-6-4-3-5-15-24-22)16-21(26)18-9-11-19(23)12-10-18;/h7-14H,2-6,15-16H2,1H3;1H. The third-order valence-corrected chi connectivity index (χ3v) is 5.04. The Bertz CT molecular complexity index is 772. The van der Waals surface area contributed by atoms with Crippen LogP contribution in [0, 0.1) is 0 Å². The van der Waals surface area contributed by atoms with Gasteiger partial charge in [-0.25, -0.2) is 0 Å². The number of anilines is 1. The molecule has 0 aliphatic carbocycles. The van der Waals surface area contributed by atoms with Gasteiger partial charge in [0.15, 0.2) is 5.78 Å². The Morgan fingerprint density at radius 2 is 1.74 bits per heavy atom. The summed E-state index contributed by atoms with van der Waals surface area (Å²) in [7, 11) is 0. The summed E-state index contributed by atoms with van der Waals surface area (Å²) >= 11 is 5.95. The number of ketones is 1. The van der Waals surface area contributed by atoms with Crippen LogP contribution in [0.1, 0.15) is 48.5 Å². The molecule has 5 heteroatoms. The molecule has 144 valence electrons. The first-order valence-electron chi connectivity index (χ1n) is 9.36. The highest BCUT2D eigenvalue weighted by molar-refractivity contribution is 8.93. The van der Waals surface area contributed by atoms with Gasteiger partial charge in [-0.15, -0.1) is 17.0 Å². The number of benzene rings is 2. The Morgan fingerprint density at radius 1 is 1.04 bits per heavy atom. The van der Waals surface area contributed by atoms with E-state index in [4.69, 9.17) is 16.6 Å². The number of amidine groups is 1. The highest BCUT2D eigenvalue weighted by atomic mass is 79.9. The SMILES string of the molecule is Br.CCc1ccc(N(CC(=O)c2ccc(Cl)cc2)C2=NCCCCC2)cc1. The molecule has 0 spiro atoms. The second kappa shape index (κ2) is 10.6. The summed E-state index contributed by atoms with van der Waals surface area (Å²) < 4.78 is 0. The quantitative estimate of drug-likeness (QED) is 0.513. The van der Waals surface area contributed by atoms with E-state index in [1.165, 1.54) is 12.0 Å². The van der Waals surface area contributed by atoms with Crippen molar-refractivity contribution in [2.75, 3.05) is 18.0 Å². The van der Waals surface area contributed by atoms with Gasteiger partial charge in [-0.1, -0.05) is 37.1 Å². The fraction of sp³-hybridized carbons (Fsp3) is 0.364. The Kier molecular flexibility index (Phi) is 8.52. The molecule has 0 aromatic heterocycles. The smallest absolute Gasteiger partial charge is 0.182 e. The normalized spacial score (nSPS) is 13.9. The minimum absolute atomic E-state index is 0. The van der Waals surface area contributed by atoms with Crippen molar-refractivity contribution in [1.29, 1.82) is 0 Å². The second-order valence-electron chi connectivity index (χ2n) is 6.64. The van der Waals surface area contributed by atoms with Crippen molar-refractivity contribution < 1.29 is 4.79 Å². The number of rotatable bonds is 5. The Morgan fingerprint density at radius 3 is 2.41 bits per heavy atom. The van der Waals surface area contributed by atoms with Crippen LogP contribution < -0.4 is 4.90 Å². The van der Waals surface area contributed by atoms with Gasteiger partial charge in [-0.3, -0.25) is 9.79 Å². The summed E-state index contributed by atoms with van der Waals surface area (Å²) in [5.41, 5.74) is 3.00.